The maximum atomic E-state index is 12.1. The standard InChI is InChI=1S/C17H26ClN3O2/c1-20(10-15-8-16(23-3)11-21(15)2)12-17(22)19-9-13-4-6-14(18)7-5-13/h4-7,15-16H,8-12H2,1-3H3,(H,19,22)/t15-,16-/m0/s1. The van der Waals surface area contributed by atoms with Crippen LogP contribution in [0.1, 0.15) is 12.0 Å². The van der Waals surface area contributed by atoms with Crippen LogP contribution in [0.5, 0.6) is 0 Å². The number of methoxy groups -OCH3 is 1. The molecule has 2 rings (SSSR count). The third kappa shape index (κ3) is 5.77. The van der Waals surface area contributed by atoms with E-state index < -0.39 is 0 Å². The molecule has 1 aromatic rings. The number of carbonyl (C=O) groups is 1. The highest BCUT2D eigenvalue weighted by molar-refractivity contribution is 6.30. The largest absolute Gasteiger partial charge is 0.380 e. The molecule has 0 saturated carbocycles. The van der Waals surface area contributed by atoms with Crippen molar-refractivity contribution in [3.63, 3.8) is 0 Å². The Kier molecular flexibility index (Phi) is 6.84. The Morgan fingerprint density at radius 2 is 2.13 bits per heavy atom. The quantitative estimate of drug-likeness (QED) is 0.819. The van der Waals surface area contributed by atoms with Crippen molar-refractivity contribution in [2.24, 2.45) is 0 Å². The Morgan fingerprint density at radius 3 is 2.74 bits per heavy atom. The normalized spacial score (nSPS) is 21.8. The lowest BCUT2D eigenvalue weighted by Gasteiger charge is -2.25. The lowest BCUT2D eigenvalue weighted by atomic mass is 10.2. The van der Waals surface area contributed by atoms with Crippen LogP contribution in [0.15, 0.2) is 24.3 Å². The van der Waals surface area contributed by atoms with E-state index in [-0.39, 0.29) is 5.91 Å². The Hall–Kier alpha value is -1.14. The summed E-state index contributed by atoms with van der Waals surface area (Å²) in [6.07, 6.45) is 1.32. The van der Waals surface area contributed by atoms with Gasteiger partial charge in [0.15, 0.2) is 0 Å². The van der Waals surface area contributed by atoms with E-state index in [1.807, 2.05) is 31.3 Å². The van der Waals surface area contributed by atoms with Gasteiger partial charge in [-0.15, -0.1) is 0 Å². The number of hydrogen-bond acceptors (Lipinski definition) is 4. The Bertz CT molecular complexity index is 509. The summed E-state index contributed by atoms with van der Waals surface area (Å²) in [5.41, 5.74) is 1.05. The molecular formula is C17H26ClN3O2. The summed E-state index contributed by atoms with van der Waals surface area (Å²) in [5, 5.41) is 3.65. The summed E-state index contributed by atoms with van der Waals surface area (Å²) in [4.78, 5) is 16.4. The minimum atomic E-state index is 0.0337. The summed E-state index contributed by atoms with van der Waals surface area (Å²) in [6, 6.07) is 7.94. The predicted octanol–water partition coefficient (Wildman–Crippen LogP) is 1.61. The molecule has 128 valence electrons. The molecule has 1 fully saturated rings. The van der Waals surface area contributed by atoms with Gasteiger partial charge in [0.25, 0.3) is 0 Å². The molecule has 1 amide bonds. The number of amides is 1. The second-order valence-electron chi connectivity index (χ2n) is 6.29. The number of likely N-dealkylation sites (N-methyl/N-ethyl adjacent to an activating group) is 2. The fourth-order valence-electron chi connectivity index (χ4n) is 2.94. The minimum absolute atomic E-state index is 0.0337. The Morgan fingerprint density at radius 1 is 1.43 bits per heavy atom. The van der Waals surface area contributed by atoms with Gasteiger partial charge in [-0.25, -0.2) is 0 Å². The molecule has 2 atom stereocenters. The minimum Gasteiger partial charge on any atom is -0.380 e. The van der Waals surface area contributed by atoms with Crippen LogP contribution in [-0.2, 0) is 16.1 Å². The van der Waals surface area contributed by atoms with Crippen LogP contribution in [0.3, 0.4) is 0 Å². The first-order valence-corrected chi connectivity index (χ1v) is 8.28. The molecule has 0 aromatic heterocycles. The van der Waals surface area contributed by atoms with Gasteiger partial charge in [-0.2, -0.15) is 0 Å². The molecule has 6 heteroatoms. The van der Waals surface area contributed by atoms with Crippen LogP contribution in [0, 0.1) is 0 Å². The number of hydrogen-bond donors (Lipinski definition) is 1. The van der Waals surface area contributed by atoms with Gasteiger partial charge in [0.1, 0.15) is 0 Å². The van der Waals surface area contributed by atoms with Crippen molar-refractivity contribution in [3.8, 4) is 0 Å². The Balaban J connectivity index is 1.71. The molecule has 0 unspecified atom stereocenters. The van der Waals surface area contributed by atoms with Crippen LogP contribution in [0.4, 0.5) is 0 Å². The molecule has 0 bridgehead atoms. The summed E-state index contributed by atoms with van der Waals surface area (Å²) in [5.74, 6) is 0.0337. The number of halogens is 1. The Labute approximate surface area is 143 Å². The zero-order valence-corrected chi connectivity index (χ0v) is 14.8. The molecule has 5 nitrogen and oxygen atoms in total. The maximum absolute atomic E-state index is 12.1. The molecule has 1 saturated heterocycles. The van der Waals surface area contributed by atoms with Crippen LogP contribution in [-0.4, -0.2) is 68.7 Å². The SMILES string of the molecule is CO[C@H]1C[C@@H](CN(C)CC(=O)NCc2ccc(Cl)cc2)N(C)C1. The van der Waals surface area contributed by atoms with Crippen molar-refractivity contribution < 1.29 is 9.53 Å². The number of nitrogens with one attached hydrogen (secondary N) is 1. The van der Waals surface area contributed by atoms with Gasteiger partial charge in [0.2, 0.25) is 5.91 Å². The molecule has 1 aromatic carbocycles. The van der Waals surface area contributed by atoms with Crippen molar-refractivity contribution >= 4 is 17.5 Å². The number of rotatable bonds is 7. The predicted molar refractivity (Wildman–Crippen MR) is 92.6 cm³/mol. The van der Waals surface area contributed by atoms with Crippen molar-refractivity contribution in [1.29, 1.82) is 0 Å². The number of likely N-dealkylation sites (tertiary alicyclic amines) is 1. The highest BCUT2D eigenvalue weighted by atomic mass is 35.5. The third-order valence-corrected chi connectivity index (χ3v) is 4.57. The van der Waals surface area contributed by atoms with Crippen LogP contribution < -0.4 is 5.32 Å². The monoisotopic (exact) mass is 339 g/mol. The number of nitrogens with zero attached hydrogens (tertiary/aromatic N) is 2. The summed E-state index contributed by atoms with van der Waals surface area (Å²) in [7, 11) is 5.85. The smallest absolute Gasteiger partial charge is 0.234 e. The van der Waals surface area contributed by atoms with Gasteiger partial charge in [-0.3, -0.25) is 14.6 Å². The summed E-state index contributed by atoms with van der Waals surface area (Å²) >= 11 is 5.85. The maximum Gasteiger partial charge on any atom is 0.234 e. The summed E-state index contributed by atoms with van der Waals surface area (Å²) < 4.78 is 5.42. The van der Waals surface area contributed by atoms with Gasteiger partial charge in [-0.05, 0) is 38.2 Å². The summed E-state index contributed by atoms with van der Waals surface area (Å²) in [6.45, 7) is 2.75. The van der Waals surface area contributed by atoms with E-state index >= 15 is 0 Å². The van der Waals surface area contributed by atoms with Gasteiger partial charge >= 0.3 is 0 Å². The van der Waals surface area contributed by atoms with E-state index in [9.17, 15) is 4.79 Å². The van der Waals surface area contributed by atoms with E-state index in [2.05, 4.69) is 22.2 Å². The van der Waals surface area contributed by atoms with Gasteiger partial charge in [-0.1, -0.05) is 23.7 Å². The van der Waals surface area contributed by atoms with Crippen LogP contribution >= 0.6 is 11.6 Å². The van der Waals surface area contributed by atoms with E-state index in [0.717, 1.165) is 25.1 Å². The highest BCUT2D eigenvalue weighted by Crippen LogP contribution is 2.18. The molecule has 0 radical (unpaired) electrons. The first kappa shape index (κ1) is 18.2. The first-order chi connectivity index (χ1) is 11.0. The lowest BCUT2D eigenvalue weighted by Crippen LogP contribution is -2.41. The van der Waals surface area contributed by atoms with Crippen molar-refractivity contribution in [1.82, 2.24) is 15.1 Å². The highest BCUT2D eigenvalue weighted by Gasteiger charge is 2.30. The molecule has 23 heavy (non-hydrogen) atoms. The van der Waals surface area contributed by atoms with Crippen LogP contribution in [0.2, 0.25) is 5.02 Å². The third-order valence-electron chi connectivity index (χ3n) is 4.32. The molecule has 1 N–H and O–H groups in total. The first-order valence-electron chi connectivity index (χ1n) is 7.90. The van der Waals surface area contributed by atoms with E-state index in [4.69, 9.17) is 16.3 Å². The number of ether oxygens (including phenoxy) is 1. The number of carbonyl (C=O) groups excluding carboxylic acids is 1. The van der Waals surface area contributed by atoms with Crippen molar-refractivity contribution in [3.05, 3.63) is 34.9 Å². The van der Waals surface area contributed by atoms with Crippen molar-refractivity contribution in [2.75, 3.05) is 40.8 Å². The average molecular weight is 340 g/mol. The van der Waals surface area contributed by atoms with Gasteiger partial charge < -0.3 is 10.1 Å². The van der Waals surface area contributed by atoms with E-state index in [1.54, 1.807) is 7.11 Å². The van der Waals surface area contributed by atoms with Crippen LogP contribution in [0.25, 0.3) is 0 Å². The van der Waals surface area contributed by atoms with Gasteiger partial charge in [0.05, 0.1) is 12.6 Å². The number of benzene rings is 1. The molecule has 0 spiro atoms. The molecule has 0 aliphatic carbocycles. The van der Waals surface area contributed by atoms with Gasteiger partial charge in [0, 0.05) is 37.8 Å². The fraction of sp³-hybridized carbons (Fsp3) is 0.588. The second-order valence-corrected chi connectivity index (χ2v) is 6.72. The lowest BCUT2D eigenvalue weighted by molar-refractivity contribution is -0.122. The second kappa shape index (κ2) is 8.64. The zero-order valence-electron chi connectivity index (χ0n) is 14.1. The molecule has 1 aliphatic rings. The molecule has 1 aliphatic heterocycles. The zero-order chi connectivity index (χ0) is 16.8. The average Bonchev–Trinajstić information content (AvgIpc) is 2.87. The van der Waals surface area contributed by atoms with Crippen molar-refractivity contribution in [2.45, 2.75) is 25.1 Å². The van der Waals surface area contributed by atoms with E-state index in [0.29, 0.717) is 30.3 Å². The topological polar surface area (TPSA) is 44.8 Å². The molecule has 1 heterocycles. The molecular weight excluding hydrogens is 314 g/mol. The fourth-order valence-corrected chi connectivity index (χ4v) is 3.07. The van der Waals surface area contributed by atoms with E-state index in [1.165, 1.54) is 0 Å².